The number of ether oxygens (including phenoxy) is 2. The highest BCUT2D eigenvalue weighted by Crippen LogP contribution is 2.40. The number of carbonyl (C=O) groups excluding carboxylic acids is 2. The number of hydrogen-bond acceptors (Lipinski definition) is 6. The highest BCUT2D eigenvalue weighted by molar-refractivity contribution is 9.10. The van der Waals surface area contributed by atoms with E-state index in [-0.39, 0.29) is 38.6 Å². The van der Waals surface area contributed by atoms with E-state index in [0.717, 1.165) is 12.1 Å². The van der Waals surface area contributed by atoms with Gasteiger partial charge in [-0.3, -0.25) is 4.79 Å². The van der Waals surface area contributed by atoms with Crippen LogP contribution < -0.4 is 10.1 Å². The summed E-state index contributed by atoms with van der Waals surface area (Å²) in [5.74, 6) is -1.19. The Labute approximate surface area is 186 Å². The molecule has 0 aromatic heterocycles. The third kappa shape index (κ3) is 5.54. The van der Waals surface area contributed by atoms with E-state index < -0.39 is 23.3 Å². The second kappa shape index (κ2) is 9.53. The third-order valence-corrected chi connectivity index (χ3v) is 4.89. The molecule has 0 saturated carbocycles. The van der Waals surface area contributed by atoms with E-state index in [1.807, 2.05) is 0 Å². The number of hydrogen-bond donors (Lipinski definition) is 1. The molecule has 2 rings (SSSR count). The van der Waals surface area contributed by atoms with Gasteiger partial charge in [-0.2, -0.15) is 0 Å². The number of amides is 1. The molecular weight excluding hydrogens is 483 g/mol. The van der Waals surface area contributed by atoms with Crippen molar-refractivity contribution < 1.29 is 23.5 Å². The smallest absolute Gasteiger partial charge is 0.407 e. The molecule has 0 aliphatic carbocycles. The zero-order chi connectivity index (χ0) is 22.6. The quantitative estimate of drug-likeness (QED) is 0.393. The maximum absolute atomic E-state index is 13.6. The van der Waals surface area contributed by atoms with Gasteiger partial charge in [-0.25, -0.2) is 9.18 Å². The molecule has 1 amide bonds. The van der Waals surface area contributed by atoms with Crippen LogP contribution in [0.5, 0.6) is 5.75 Å². The van der Waals surface area contributed by atoms with Gasteiger partial charge < -0.3 is 14.8 Å². The molecular formula is C20H19BrClFN2O5. The van der Waals surface area contributed by atoms with Crippen molar-refractivity contribution in [1.29, 1.82) is 0 Å². The van der Waals surface area contributed by atoms with Crippen LogP contribution >= 0.6 is 27.5 Å². The van der Waals surface area contributed by atoms with Gasteiger partial charge >= 0.3 is 6.09 Å². The van der Waals surface area contributed by atoms with Crippen LogP contribution in [0.15, 0.2) is 33.9 Å². The minimum Gasteiger partial charge on any atom is -0.495 e. The summed E-state index contributed by atoms with van der Waals surface area (Å²) in [7, 11) is 1.36. The van der Waals surface area contributed by atoms with Gasteiger partial charge in [0.2, 0.25) is 0 Å². The number of benzene rings is 2. The number of nitrogens with zero attached hydrogens (tertiary/aromatic N) is 1. The zero-order valence-electron chi connectivity index (χ0n) is 16.6. The summed E-state index contributed by atoms with van der Waals surface area (Å²) >= 11 is 9.28. The lowest BCUT2D eigenvalue weighted by Gasteiger charge is -2.20. The molecule has 0 spiro atoms. The molecule has 30 heavy (non-hydrogen) atoms. The van der Waals surface area contributed by atoms with Crippen molar-refractivity contribution in [3.05, 3.63) is 61.2 Å². The van der Waals surface area contributed by atoms with Gasteiger partial charge in [0.25, 0.3) is 0 Å². The van der Waals surface area contributed by atoms with Crippen LogP contribution in [-0.2, 0) is 11.3 Å². The third-order valence-electron chi connectivity index (χ3n) is 3.80. The normalized spacial score (nSPS) is 11.0. The summed E-state index contributed by atoms with van der Waals surface area (Å²) in [6.45, 7) is 5.09. The van der Waals surface area contributed by atoms with Crippen LogP contribution in [0.3, 0.4) is 0 Å². The van der Waals surface area contributed by atoms with E-state index in [1.54, 1.807) is 20.8 Å². The Bertz CT molecular complexity index is 1010. The average Bonchev–Trinajstić information content (AvgIpc) is 2.65. The van der Waals surface area contributed by atoms with Crippen molar-refractivity contribution in [2.45, 2.75) is 32.9 Å². The monoisotopic (exact) mass is 500 g/mol. The van der Waals surface area contributed by atoms with E-state index in [0.29, 0.717) is 5.56 Å². The lowest BCUT2D eigenvalue weighted by atomic mass is 9.99. The molecule has 0 atom stereocenters. The molecule has 0 heterocycles. The Balaban J connectivity index is 2.47. The molecule has 2 aromatic carbocycles. The van der Waals surface area contributed by atoms with Crippen molar-refractivity contribution in [2.75, 3.05) is 7.11 Å². The van der Waals surface area contributed by atoms with E-state index >= 15 is 0 Å². The SMILES string of the molecule is COc1c(CNC(=O)OC(C)(C)C)cc(N=O)c(C(=O)c2cc(F)ccc2Cl)c1Br. The predicted molar refractivity (Wildman–Crippen MR) is 114 cm³/mol. The number of nitroso groups, excluding NO2 is 1. The van der Waals surface area contributed by atoms with Crippen molar-refractivity contribution in [3.8, 4) is 5.75 Å². The number of rotatable bonds is 6. The highest BCUT2D eigenvalue weighted by atomic mass is 79.9. The predicted octanol–water partition coefficient (Wildman–Crippen LogP) is 5.90. The minimum atomic E-state index is -0.717. The highest BCUT2D eigenvalue weighted by Gasteiger charge is 2.26. The summed E-state index contributed by atoms with van der Waals surface area (Å²) in [6.07, 6.45) is -0.673. The maximum Gasteiger partial charge on any atom is 0.407 e. The molecule has 1 N–H and O–H groups in total. The first-order valence-corrected chi connectivity index (χ1v) is 9.85. The van der Waals surface area contributed by atoms with Crippen LogP contribution in [0.4, 0.5) is 14.9 Å². The average molecular weight is 502 g/mol. The summed E-state index contributed by atoms with van der Waals surface area (Å²) in [4.78, 5) is 36.4. The topological polar surface area (TPSA) is 94.1 Å². The van der Waals surface area contributed by atoms with Gasteiger partial charge in [-0.15, -0.1) is 4.91 Å². The zero-order valence-corrected chi connectivity index (χ0v) is 19.0. The van der Waals surface area contributed by atoms with Crippen molar-refractivity contribution in [1.82, 2.24) is 5.32 Å². The molecule has 2 aromatic rings. The van der Waals surface area contributed by atoms with Gasteiger partial charge in [0.1, 0.15) is 22.9 Å². The summed E-state index contributed by atoms with van der Waals surface area (Å²) in [5, 5.41) is 5.47. The molecule has 160 valence electrons. The van der Waals surface area contributed by atoms with Crippen LogP contribution in [0, 0.1) is 10.7 Å². The van der Waals surface area contributed by atoms with E-state index in [4.69, 9.17) is 21.1 Å². The summed E-state index contributed by atoms with van der Waals surface area (Å²) in [6, 6.07) is 4.62. The van der Waals surface area contributed by atoms with Gasteiger partial charge in [-0.1, -0.05) is 11.6 Å². The first-order chi connectivity index (χ1) is 14.0. The molecule has 7 nitrogen and oxygen atoms in total. The van der Waals surface area contributed by atoms with Gasteiger partial charge in [0.15, 0.2) is 5.78 Å². The Morgan fingerprint density at radius 3 is 2.50 bits per heavy atom. The molecule has 0 fully saturated rings. The van der Waals surface area contributed by atoms with E-state index in [2.05, 4.69) is 26.4 Å². The maximum atomic E-state index is 13.6. The Morgan fingerprint density at radius 2 is 1.93 bits per heavy atom. The standard InChI is InChI=1S/C20H19BrClFN2O5/c1-20(2,3)30-19(27)24-9-10-7-14(25-28)15(16(21)18(10)29-4)17(26)12-8-11(23)5-6-13(12)22/h5-8H,9H2,1-4H3,(H,24,27). The number of methoxy groups -OCH3 is 1. The fraction of sp³-hybridized carbons (Fsp3) is 0.300. The van der Waals surface area contributed by atoms with Gasteiger partial charge in [-0.05, 0) is 66.1 Å². The van der Waals surface area contributed by atoms with Crippen LogP contribution in [-0.4, -0.2) is 24.6 Å². The summed E-state index contributed by atoms with van der Waals surface area (Å²) in [5.41, 5.74) is -0.829. The van der Waals surface area contributed by atoms with Gasteiger partial charge in [0.05, 0.1) is 22.2 Å². The van der Waals surface area contributed by atoms with E-state index in [9.17, 15) is 18.9 Å². The van der Waals surface area contributed by atoms with Crippen molar-refractivity contribution in [3.63, 3.8) is 0 Å². The van der Waals surface area contributed by atoms with Crippen molar-refractivity contribution >= 4 is 45.1 Å². The molecule has 0 bridgehead atoms. The van der Waals surface area contributed by atoms with Crippen LogP contribution in [0.25, 0.3) is 0 Å². The largest absolute Gasteiger partial charge is 0.495 e. The summed E-state index contributed by atoms with van der Waals surface area (Å²) < 4.78 is 24.3. The number of carbonyl (C=O) groups is 2. The first kappa shape index (κ1) is 23.8. The Hall–Kier alpha value is -2.52. The number of nitrogens with one attached hydrogen (secondary N) is 1. The lowest BCUT2D eigenvalue weighted by Crippen LogP contribution is -2.32. The number of alkyl carbamates (subject to hydrolysis) is 1. The molecule has 10 heteroatoms. The molecule has 0 saturated heterocycles. The van der Waals surface area contributed by atoms with Crippen LogP contribution in [0.2, 0.25) is 5.02 Å². The molecule has 0 aliphatic heterocycles. The van der Waals surface area contributed by atoms with Crippen molar-refractivity contribution in [2.24, 2.45) is 5.18 Å². The minimum absolute atomic E-state index is 0.0137. The van der Waals surface area contributed by atoms with Crippen LogP contribution in [0.1, 0.15) is 42.3 Å². The fourth-order valence-corrected chi connectivity index (χ4v) is 3.60. The number of ketones is 1. The lowest BCUT2D eigenvalue weighted by molar-refractivity contribution is 0.0523. The van der Waals surface area contributed by atoms with Gasteiger partial charge in [0, 0.05) is 17.7 Å². The molecule has 0 unspecified atom stereocenters. The van der Waals surface area contributed by atoms with E-state index in [1.165, 1.54) is 19.2 Å². The Morgan fingerprint density at radius 1 is 1.27 bits per heavy atom. The second-order valence-corrected chi connectivity index (χ2v) is 8.38. The second-order valence-electron chi connectivity index (χ2n) is 7.18. The first-order valence-electron chi connectivity index (χ1n) is 8.67. The molecule has 0 radical (unpaired) electrons. The fourth-order valence-electron chi connectivity index (χ4n) is 2.60. The molecule has 0 aliphatic rings. The Kier molecular flexibility index (Phi) is 7.54. The number of halogens is 3.